The molecule has 0 unspecified atom stereocenters. The Morgan fingerprint density at radius 3 is 2.70 bits per heavy atom. The van der Waals surface area contributed by atoms with Gasteiger partial charge in [-0.15, -0.1) is 11.3 Å². The summed E-state index contributed by atoms with van der Waals surface area (Å²) in [5.41, 5.74) is 1.75. The first-order valence-electron chi connectivity index (χ1n) is 10.5. The Kier molecular flexibility index (Phi) is 6.13. The lowest BCUT2D eigenvalue weighted by atomic mass is 9.93. The fraction of sp³-hybridized carbons (Fsp3) is 0.455. The molecule has 1 fully saturated rings. The maximum atomic E-state index is 13.2. The highest BCUT2D eigenvalue weighted by atomic mass is 32.1. The molecule has 2 aliphatic rings. The van der Waals surface area contributed by atoms with Gasteiger partial charge in [-0.05, 0) is 55.4 Å². The van der Waals surface area contributed by atoms with Gasteiger partial charge in [0.25, 0.3) is 11.6 Å². The average Bonchev–Trinajstić information content (AvgIpc) is 3.12. The summed E-state index contributed by atoms with van der Waals surface area (Å²) >= 11 is 1.53. The molecular formula is C22H24N3O4S-. The zero-order chi connectivity index (χ0) is 21.1. The van der Waals surface area contributed by atoms with E-state index in [1.165, 1.54) is 47.0 Å². The molecule has 0 saturated heterocycles. The van der Waals surface area contributed by atoms with Crippen molar-refractivity contribution in [3.05, 3.63) is 49.9 Å². The maximum Gasteiger partial charge on any atom is 0.262 e. The highest BCUT2D eigenvalue weighted by Crippen LogP contribution is 2.40. The number of nitro benzene ring substituents is 1. The summed E-state index contributed by atoms with van der Waals surface area (Å²) in [5.74, 6) is -0.689. The molecule has 2 aliphatic carbocycles. The number of thiophene rings is 1. The number of carbonyl (C=O) groups excluding carboxylic acids is 1. The number of hydrogen-bond acceptors (Lipinski definition) is 6. The highest BCUT2D eigenvalue weighted by molar-refractivity contribution is 7.16. The zero-order valence-electron chi connectivity index (χ0n) is 16.7. The lowest BCUT2D eigenvalue weighted by Crippen LogP contribution is -2.36. The first-order chi connectivity index (χ1) is 14.5. The van der Waals surface area contributed by atoms with E-state index in [9.17, 15) is 20.0 Å². The van der Waals surface area contributed by atoms with E-state index in [1.807, 2.05) is 0 Å². The van der Waals surface area contributed by atoms with E-state index < -0.39 is 16.4 Å². The summed E-state index contributed by atoms with van der Waals surface area (Å²) in [5, 5.41) is 26.5. The predicted molar refractivity (Wildman–Crippen MR) is 115 cm³/mol. The molecular weight excluding hydrogens is 402 g/mol. The van der Waals surface area contributed by atoms with Crippen LogP contribution in [0.1, 0.15) is 71.3 Å². The van der Waals surface area contributed by atoms with Crippen LogP contribution in [0.4, 0.5) is 10.7 Å². The number of nitro groups is 1. The summed E-state index contributed by atoms with van der Waals surface area (Å²) in [6.07, 6.45) is 11.1. The molecule has 0 bridgehead atoms. The Morgan fingerprint density at radius 1 is 1.17 bits per heavy atom. The molecule has 1 aromatic heterocycles. The SMILES string of the molecule is O=C(NC1CCCCC1)c1c(N=Cc2ccc([O-])c([N+](=O)[O-])c2)sc2c1CCCC2. The number of benzene rings is 1. The molecule has 0 spiro atoms. The van der Waals surface area contributed by atoms with Gasteiger partial charge in [0, 0.05) is 23.2 Å². The van der Waals surface area contributed by atoms with Crippen molar-refractivity contribution in [1.82, 2.24) is 5.32 Å². The first-order valence-corrected chi connectivity index (χ1v) is 11.3. The Bertz CT molecular complexity index is 993. The van der Waals surface area contributed by atoms with E-state index in [2.05, 4.69) is 10.3 Å². The summed E-state index contributed by atoms with van der Waals surface area (Å²) in [6.45, 7) is 0. The molecule has 30 heavy (non-hydrogen) atoms. The third kappa shape index (κ3) is 4.38. The van der Waals surface area contributed by atoms with Gasteiger partial charge >= 0.3 is 0 Å². The van der Waals surface area contributed by atoms with Gasteiger partial charge < -0.3 is 10.4 Å². The maximum absolute atomic E-state index is 13.2. The van der Waals surface area contributed by atoms with Crippen LogP contribution >= 0.6 is 11.3 Å². The summed E-state index contributed by atoms with van der Waals surface area (Å²) in [7, 11) is 0. The van der Waals surface area contributed by atoms with Gasteiger partial charge in [-0.2, -0.15) is 0 Å². The lowest BCUT2D eigenvalue weighted by molar-refractivity contribution is -0.398. The third-order valence-corrected chi connectivity index (χ3v) is 7.03. The van der Waals surface area contributed by atoms with Crippen molar-refractivity contribution in [3.63, 3.8) is 0 Å². The van der Waals surface area contributed by atoms with Crippen molar-refractivity contribution >= 4 is 34.1 Å². The Balaban J connectivity index is 1.63. The number of nitrogens with one attached hydrogen (secondary N) is 1. The van der Waals surface area contributed by atoms with Crippen LogP contribution in [0.25, 0.3) is 0 Å². The van der Waals surface area contributed by atoms with Crippen molar-refractivity contribution in [2.24, 2.45) is 4.99 Å². The monoisotopic (exact) mass is 426 g/mol. The zero-order valence-corrected chi connectivity index (χ0v) is 17.5. The van der Waals surface area contributed by atoms with E-state index in [-0.39, 0.29) is 11.9 Å². The fourth-order valence-corrected chi connectivity index (χ4v) is 5.50. The van der Waals surface area contributed by atoms with Gasteiger partial charge in [0.2, 0.25) is 0 Å². The largest absolute Gasteiger partial charge is 0.868 e. The van der Waals surface area contributed by atoms with Crippen LogP contribution in [0.5, 0.6) is 5.75 Å². The number of amides is 1. The van der Waals surface area contributed by atoms with Crippen molar-refractivity contribution < 1.29 is 14.8 Å². The van der Waals surface area contributed by atoms with Crippen LogP contribution < -0.4 is 10.4 Å². The van der Waals surface area contributed by atoms with Crippen LogP contribution in [0.15, 0.2) is 23.2 Å². The lowest BCUT2D eigenvalue weighted by Gasteiger charge is -2.23. The molecule has 1 heterocycles. The van der Waals surface area contributed by atoms with Crippen molar-refractivity contribution in [2.45, 2.75) is 63.8 Å². The predicted octanol–water partition coefficient (Wildman–Crippen LogP) is 4.42. The fourth-order valence-electron chi connectivity index (χ4n) is 4.27. The molecule has 4 rings (SSSR count). The summed E-state index contributed by atoms with van der Waals surface area (Å²) in [4.78, 5) is 29.2. The number of carbonyl (C=O) groups is 1. The standard InChI is InChI=1S/C22H25N3O4S/c26-18-11-10-14(12-17(18)25(28)29)13-23-22-20(16-8-4-5-9-19(16)30-22)21(27)24-15-6-2-1-3-7-15/h10-13,15,26H,1-9H2,(H,24,27)/p-1. The normalized spacial score (nSPS) is 17.1. The van der Waals surface area contributed by atoms with E-state index >= 15 is 0 Å². The molecule has 1 saturated carbocycles. The number of nitrogens with zero attached hydrogens (tertiary/aromatic N) is 2. The second-order valence-electron chi connectivity index (χ2n) is 7.94. The van der Waals surface area contributed by atoms with Gasteiger partial charge in [0.05, 0.1) is 10.5 Å². The average molecular weight is 427 g/mol. The Hall–Kier alpha value is -2.74. The molecule has 1 amide bonds. The topological polar surface area (TPSA) is 108 Å². The van der Waals surface area contributed by atoms with Gasteiger partial charge in [0.15, 0.2) is 0 Å². The number of hydrogen-bond donors (Lipinski definition) is 1. The number of aryl methyl sites for hydroxylation is 1. The number of rotatable bonds is 5. The molecule has 0 atom stereocenters. The summed E-state index contributed by atoms with van der Waals surface area (Å²) in [6, 6.07) is 4.12. The molecule has 158 valence electrons. The quantitative estimate of drug-likeness (QED) is 0.434. The van der Waals surface area contributed by atoms with Crippen molar-refractivity contribution in [1.29, 1.82) is 0 Å². The molecule has 0 aliphatic heterocycles. The van der Waals surface area contributed by atoms with E-state index in [4.69, 9.17) is 0 Å². The number of aliphatic imine (C=N–C) groups is 1. The molecule has 8 heteroatoms. The molecule has 1 aromatic carbocycles. The minimum atomic E-state index is -0.688. The molecule has 2 aromatic rings. The van der Waals surface area contributed by atoms with Crippen LogP contribution in [-0.2, 0) is 12.8 Å². The third-order valence-electron chi connectivity index (χ3n) is 5.83. The van der Waals surface area contributed by atoms with Crippen LogP contribution in [0.3, 0.4) is 0 Å². The Labute approximate surface area is 179 Å². The molecule has 0 radical (unpaired) electrons. The Morgan fingerprint density at radius 2 is 1.93 bits per heavy atom. The van der Waals surface area contributed by atoms with E-state index in [0.29, 0.717) is 16.1 Å². The minimum Gasteiger partial charge on any atom is -0.868 e. The van der Waals surface area contributed by atoms with Crippen molar-refractivity contribution in [2.75, 3.05) is 0 Å². The molecule has 7 nitrogen and oxygen atoms in total. The van der Waals surface area contributed by atoms with E-state index in [1.54, 1.807) is 0 Å². The minimum absolute atomic E-state index is 0.0608. The van der Waals surface area contributed by atoms with Crippen LogP contribution in [0, 0.1) is 10.1 Å². The first kappa shape index (κ1) is 20.5. The van der Waals surface area contributed by atoms with Gasteiger partial charge in [-0.25, -0.2) is 4.99 Å². The molecule has 1 N–H and O–H groups in total. The van der Waals surface area contributed by atoms with Crippen molar-refractivity contribution in [3.8, 4) is 5.75 Å². The van der Waals surface area contributed by atoms with Gasteiger partial charge in [-0.3, -0.25) is 14.9 Å². The second kappa shape index (κ2) is 8.95. The van der Waals surface area contributed by atoms with Gasteiger partial charge in [-0.1, -0.05) is 31.4 Å². The van der Waals surface area contributed by atoms with Gasteiger partial charge in [0.1, 0.15) is 5.00 Å². The second-order valence-corrected chi connectivity index (χ2v) is 9.03. The number of fused-ring (bicyclic) bond motifs is 1. The smallest absolute Gasteiger partial charge is 0.262 e. The highest BCUT2D eigenvalue weighted by Gasteiger charge is 2.27. The van der Waals surface area contributed by atoms with E-state index in [0.717, 1.165) is 56.9 Å². The summed E-state index contributed by atoms with van der Waals surface area (Å²) < 4.78 is 0. The van der Waals surface area contributed by atoms with Crippen LogP contribution in [0.2, 0.25) is 0 Å². The van der Waals surface area contributed by atoms with Crippen LogP contribution in [-0.4, -0.2) is 23.1 Å².